The molecule has 2 rings (SSSR count). The van der Waals surface area contributed by atoms with E-state index in [0.717, 1.165) is 5.57 Å². The lowest BCUT2D eigenvalue weighted by atomic mass is 10.0. The molecule has 0 aliphatic heterocycles. The van der Waals surface area contributed by atoms with Crippen LogP contribution in [0.5, 0.6) is 0 Å². The third-order valence-corrected chi connectivity index (χ3v) is 4.49. The molecular weight excluding hydrogens is 392 g/mol. The van der Waals surface area contributed by atoms with Gasteiger partial charge in [0.25, 0.3) is 0 Å². The summed E-state index contributed by atoms with van der Waals surface area (Å²) in [4.78, 5) is 22.2. The first-order valence-electron chi connectivity index (χ1n) is 9.82. The second-order valence-corrected chi connectivity index (χ2v) is 7.42. The second kappa shape index (κ2) is 10.8. The van der Waals surface area contributed by atoms with Gasteiger partial charge in [0.1, 0.15) is 11.6 Å². The topological polar surface area (TPSA) is 146 Å². The van der Waals surface area contributed by atoms with E-state index in [4.69, 9.17) is 16.9 Å². The SMILES string of the molecule is CC(C)C(=C/N)/C=C(\N)Nc1ccc2ncc(/C(C=N)=C/NCC(=O)N(C)C)cc2n1. The van der Waals surface area contributed by atoms with Gasteiger partial charge in [-0.3, -0.25) is 9.78 Å². The average Bonchev–Trinajstić information content (AvgIpc) is 2.74. The molecule has 1 amide bonds. The molecule has 0 bridgehead atoms. The molecule has 9 heteroatoms. The Hall–Kier alpha value is -3.88. The van der Waals surface area contributed by atoms with Gasteiger partial charge in [0.2, 0.25) is 5.91 Å². The Morgan fingerprint density at radius 1 is 1.29 bits per heavy atom. The van der Waals surface area contributed by atoms with Crippen LogP contribution in [0.15, 0.2) is 54.3 Å². The quantitative estimate of drug-likeness (QED) is 0.307. The number of allylic oxidation sites excluding steroid dienone is 3. The largest absolute Gasteiger partial charge is 0.404 e. The zero-order valence-corrected chi connectivity index (χ0v) is 18.3. The number of nitrogens with two attached hydrogens (primary N) is 2. The number of likely N-dealkylation sites (N-methyl/N-ethyl adjacent to an activating group) is 1. The van der Waals surface area contributed by atoms with Crippen molar-refractivity contribution in [3.8, 4) is 0 Å². The molecule has 9 nitrogen and oxygen atoms in total. The highest BCUT2D eigenvalue weighted by molar-refractivity contribution is 6.08. The van der Waals surface area contributed by atoms with Crippen molar-refractivity contribution in [2.75, 3.05) is 26.0 Å². The summed E-state index contributed by atoms with van der Waals surface area (Å²) in [6.45, 7) is 4.20. The van der Waals surface area contributed by atoms with E-state index in [1.165, 1.54) is 17.3 Å². The lowest BCUT2D eigenvalue weighted by Gasteiger charge is -2.11. The number of hydrogen-bond acceptors (Lipinski definition) is 8. The highest BCUT2D eigenvalue weighted by Crippen LogP contribution is 2.19. The Balaban J connectivity index is 2.25. The van der Waals surface area contributed by atoms with E-state index < -0.39 is 0 Å². The average molecular weight is 423 g/mol. The number of nitrogens with one attached hydrogen (secondary N) is 3. The van der Waals surface area contributed by atoms with Gasteiger partial charge < -0.3 is 32.4 Å². The van der Waals surface area contributed by atoms with Gasteiger partial charge in [-0.1, -0.05) is 13.8 Å². The zero-order chi connectivity index (χ0) is 23.0. The molecular formula is C22H30N8O. The van der Waals surface area contributed by atoms with E-state index in [2.05, 4.69) is 20.6 Å². The summed E-state index contributed by atoms with van der Waals surface area (Å²) in [6, 6.07) is 5.46. The molecule has 0 aromatic carbocycles. The number of carbonyl (C=O) groups excluding carboxylic acids is 1. The first kappa shape index (κ1) is 23.4. The minimum absolute atomic E-state index is 0.0645. The summed E-state index contributed by atoms with van der Waals surface area (Å²) in [5, 5.41) is 13.7. The molecule has 7 N–H and O–H groups in total. The lowest BCUT2D eigenvalue weighted by molar-refractivity contribution is -0.127. The molecule has 0 saturated heterocycles. The smallest absolute Gasteiger partial charge is 0.241 e. The molecule has 0 spiro atoms. The van der Waals surface area contributed by atoms with Gasteiger partial charge in [-0.2, -0.15) is 0 Å². The predicted octanol–water partition coefficient (Wildman–Crippen LogP) is 2.01. The third-order valence-electron chi connectivity index (χ3n) is 4.49. The summed E-state index contributed by atoms with van der Waals surface area (Å²) in [5.74, 6) is 1.17. The van der Waals surface area contributed by atoms with Gasteiger partial charge in [0.15, 0.2) is 0 Å². The van der Waals surface area contributed by atoms with Crippen molar-refractivity contribution in [3.63, 3.8) is 0 Å². The van der Waals surface area contributed by atoms with Crippen LogP contribution in [0.4, 0.5) is 5.82 Å². The van der Waals surface area contributed by atoms with E-state index in [9.17, 15) is 4.79 Å². The highest BCUT2D eigenvalue weighted by atomic mass is 16.2. The number of rotatable bonds is 9. The Kier molecular flexibility index (Phi) is 8.13. The van der Waals surface area contributed by atoms with Gasteiger partial charge in [0.05, 0.1) is 17.6 Å². The molecule has 0 unspecified atom stereocenters. The van der Waals surface area contributed by atoms with E-state index in [1.54, 1.807) is 38.6 Å². The molecule has 2 aromatic rings. The Bertz CT molecular complexity index is 1040. The first-order chi connectivity index (χ1) is 14.7. The summed E-state index contributed by atoms with van der Waals surface area (Å²) in [5.41, 5.74) is 15.3. The van der Waals surface area contributed by atoms with Crippen LogP contribution in [0, 0.1) is 11.3 Å². The molecule has 2 aromatic heterocycles. The molecule has 0 fully saturated rings. The maximum atomic E-state index is 11.7. The molecule has 164 valence electrons. The van der Waals surface area contributed by atoms with Crippen LogP contribution in [0.2, 0.25) is 0 Å². The van der Waals surface area contributed by atoms with Crippen LogP contribution >= 0.6 is 0 Å². The normalized spacial score (nSPS) is 12.7. The number of pyridine rings is 2. The fourth-order valence-electron chi connectivity index (χ4n) is 2.62. The molecule has 0 saturated carbocycles. The fourth-order valence-corrected chi connectivity index (χ4v) is 2.62. The Morgan fingerprint density at radius 2 is 2.03 bits per heavy atom. The highest BCUT2D eigenvalue weighted by Gasteiger charge is 2.07. The summed E-state index contributed by atoms with van der Waals surface area (Å²) in [6.07, 6.45) is 7.80. The van der Waals surface area contributed by atoms with Gasteiger partial charge in [0, 0.05) is 43.8 Å². The number of nitrogens with zero attached hydrogens (tertiary/aromatic N) is 3. The van der Waals surface area contributed by atoms with Crippen LogP contribution in [0.25, 0.3) is 16.6 Å². The van der Waals surface area contributed by atoms with Gasteiger partial charge >= 0.3 is 0 Å². The monoisotopic (exact) mass is 422 g/mol. The van der Waals surface area contributed by atoms with E-state index in [-0.39, 0.29) is 18.4 Å². The maximum absolute atomic E-state index is 11.7. The minimum atomic E-state index is -0.0645. The number of carbonyl (C=O) groups is 1. The van der Waals surface area contributed by atoms with Gasteiger partial charge in [-0.05, 0) is 42.0 Å². The summed E-state index contributed by atoms with van der Waals surface area (Å²) in [7, 11) is 3.38. The Labute approximate surface area is 182 Å². The van der Waals surface area contributed by atoms with Crippen molar-refractivity contribution in [1.82, 2.24) is 20.2 Å². The number of fused-ring (bicyclic) bond motifs is 1. The second-order valence-electron chi connectivity index (χ2n) is 7.42. The first-order valence-corrected chi connectivity index (χ1v) is 9.82. The number of anilines is 1. The summed E-state index contributed by atoms with van der Waals surface area (Å²) < 4.78 is 0. The lowest BCUT2D eigenvalue weighted by Crippen LogP contribution is -2.30. The summed E-state index contributed by atoms with van der Waals surface area (Å²) >= 11 is 0. The standard InChI is InChI=1S/C22H30N8O/c1-14(2)15(9-23)8-20(25)29-21-6-5-18-19(28-21)7-16(12-27-18)17(10-24)11-26-13-22(31)30(3)4/h5-12,14,24,26H,13,23,25H2,1-4H3,(H,28,29)/b15-9+,17-11+,20-8+,24-10?. The van der Waals surface area contributed by atoms with Crippen LogP contribution in [0.1, 0.15) is 19.4 Å². The van der Waals surface area contributed by atoms with E-state index in [0.29, 0.717) is 33.8 Å². The zero-order valence-electron chi connectivity index (χ0n) is 18.3. The van der Waals surface area contributed by atoms with Gasteiger partial charge in [-0.25, -0.2) is 4.98 Å². The van der Waals surface area contributed by atoms with Crippen molar-refractivity contribution in [3.05, 3.63) is 59.8 Å². The molecule has 2 heterocycles. The number of hydrogen-bond donors (Lipinski definition) is 5. The van der Waals surface area contributed by atoms with Gasteiger partial charge in [-0.15, -0.1) is 0 Å². The molecule has 0 aliphatic rings. The van der Waals surface area contributed by atoms with Crippen molar-refractivity contribution in [2.45, 2.75) is 13.8 Å². The predicted molar refractivity (Wildman–Crippen MR) is 126 cm³/mol. The van der Waals surface area contributed by atoms with Crippen molar-refractivity contribution >= 4 is 34.5 Å². The molecule has 0 atom stereocenters. The minimum Gasteiger partial charge on any atom is -0.404 e. The third kappa shape index (κ3) is 6.56. The number of aromatic nitrogens is 2. The van der Waals surface area contributed by atoms with Crippen LogP contribution in [0.3, 0.4) is 0 Å². The Morgan fingerprint density at radius 3 is 2.65 bits per heavy atom. The molecule has 0 radical (unpaired) electrons. The van der Waals surface area contributed by atoms with E-state index in [1.807, 2.05) is 26.0 Å². The number of amides is 1. The van der Waals surface area contributed by atoms with Crippen LogP contribution in [-0.4, -0.2) is 47.6 Å². The molecule has 0 aliphatic carbocycles. The fraction of sp³-hybridized carbons (Fsp3) is 0.273. The van der Waals surface area contributed by atoms with Crippen molar-refractivity contribution in [1.29, 1.82) is 5.41 Å². The van der Waals surface area contributed by atoms with Crippen LogP contribution < -0.4 is 22.1 Å². The molecule has 31 heavy (non-hydrogen) atoms. The maximum Gasteiger partial charge on any atom is 0.241 e. The van der Waals surface area contributed by atoms with Crippen LogP contribution in [-0.2, 0) is 4.79 Å². The van der Waals surface area contributed by atoms with E-state index >= 15 is 0 Å². The van der Waals surface area contributed by atoms with Crippen molar-refractivity contribution in [2.24, 2.45) is 17.4 Å². The van der Waals surface area contributed by atoms with Crippen molar-refractivity contribution < 1.29 is 4.79 Å².